The maximum absolute atomic E-state index is 12.3. The highest BCUT2D eigenvalue weighted by Gasteiger charge is 2.26. The minimum atomic E-state index is -0.677. The first kappa shape index (κ1) is 17.5. The molecule has 1 amide bonds. The third-order valence-electron chi connectivity index (χ3n) is 3.47. The van der Waals surface area contributed by atoms with Gasteiger partial charge in [0, 0.05) is 5.56 Å². The van der Waals surface area contributed by atoms with Gasteiger partial charge in [0.25, 0.3) is 5.91 Å². The summed E-state index contributed by atoms with van der Waals surface area (Å²) < 4.78 is 15.7. The van der Waals surface area contributed by atoms with Crippen molar-refractivity contribution in [3.05, 3.63) is 35.2 Å². The fourth-order valence-electron chi connectivity index (χ4n) is 2.33. The highest BCUT2D eigenvalue weighted by Crippen LogP contribution is 2.32. The molecule has 1 aromatic carbocycles. The molecule has 7 nitrogen and oxygen atoms in total. The number of ether oxygens (including phenoxy) is 3. The van der Waals surface area contributed by atoms with Crippen molar-refractivity contribution < 1.29 is 23.8 Å². The molecular formula is C17H18N2O5S. The number of rotatable bonds is 5. The molecule has 1 N–H and O–H groups in total. The van der Waals surface area contributed by atoms with Crippen LogP contribution in [0.1, 0.15) is 16.6 Å². The minimum absolute atomic E-state index is 0.202. The fourth-order valence-corrected chi connectivity index (χ4v) is 3.21. The summed E-state index contributed by atoms with van der Waals surface area (Å²) in [5.41, 5.74) is 1.26. The first-order valence-electron chi connectivity index (χ1n) is 7.92. The van der Waals surface area contributed by atoms with Crippen LogP contribution < -0.4 is 5.32 Å². The van der Waals surface area contributed by atoms with Crippen molar-refractivity contribution in [1.29, 1.82) is 0 Å². The Labute approximate surface area is 148 Å². The van der Waals surface area contributed by atoms with E-state index < -0.39 is 12.1 Å². The van der Waals surface area contributed by atoms with Crippen LogP contribution in [0, 0.1) is 0 Å². The lowest BCUT2D eigenvalue weighted by atomic mass is 10.1. The van der Waals surface area contributed by atoms with E-state index in [0.29, 0.717) is 28.9 Å². The molecule has 2 heterocycles. The van der Waals surface area contributed by atoms with E-state index in [-0.39, 0.29) is 19.1 Å². The molecule has 0 saturated carbocycles. The summed E-state index contributed by atoms with van der Waals surface area (Å²) in [6.45, 7) is 3.06. The predicted molar refractivity (Wildman–Crippen MR) is 92.7 cm³/mol. The second-order valence-corrected chi connectivity index (χ2v) is 6.21. The van der Waals surface area contributed by atoms with Crippen molar-refractivity contribution in [2.75, 3.05) is 31.7 Å². The Kier molecular flexibility index (Phi) is 5.75. The second-order valence-electron chi connectivity index (χ2n) is 5.21. The van der Waals surface area contributed by atoms with Gasteiger partial charge in [0.1, 0.15) is 4.88 Å². The Morgan fingerprint density at radius 1 is 1.32 bits per heavy atom. The highest BCUT2D eigenvalue weighted by molar-refractivity contribution is 7.18. The van der Waals surface area contributed by atoms with Crippen molar-refractivity contribution in [3.8, 4) is 11.3 Å². The number of hydrogen-bond donors (Lipinski definition) is 1. The topological polar surface area (TPSA) is 86.8 Å². The summed E-state index contributed by atoms with van der Waals surface area (Å²) in [5.74, 6) is -0.805. The zero-order valence-electron chi connectivity index (χ0n) is 13.7. The number of nitrogens with zero attached hydrogens (tertiary/aromatic N) is 1. The average molecular weight is 362 g/mol. The lowest BCUT2D eigenvalue weighted by molar-refractivity contribution is -0.142. The van der Waals surface area contributed by atoms with Gasteiger partial charge in [-0.1, -0.05) is 41.7 Å². The molecule has 1 aliphatic heterocycles. The maximum atomic E-state index is 12.3. The van der Waals surface area contributed by atoms with Crippen LogP contribution in [0.5, 0.6) is 0 Å². The lowest BCUT2D eigenvalue weighted by Gasteiger charge is -2.21. The molecule has 3 rings (SSSR count). The van der Waals surface area contributed by atoms with Gasteiger partial charge in [-0.2, -0.15) is 0 Å². The quantitative estimate of drug-likeness (QED) is 0.822. The Bertz CT molecular complexity index is 741. The van der Waals surface area contributed by atoms with E-state index in [1.54, 1.807) is 6.92 Å². The minimum Gasteiger partial charge on any atom is -0.462 e. The number of anilines is 1. The number of esters is 1. The summed E-state index contributed by atoms with van der Waals surface area (Å²) in [4.78, 5) is 29.2. The van der Waals surface area contributed by atoms with Crippen LogP contribution >= 0.6 is 11.3 Å². The summed E-state index contributed by atoms with van der Waals surface area (Å²) in [6.07, 6.45) is -0.677. The molecule has 0 spiro atoms. The predicted octanol–water partition coefficient (Wildman–Crippen LogP) is 2.34. The number of nitrogens with one attached hydrogen (secondary N) is 1. The summed E-state index contributed by atoms with van der Waals surface area (Å²) in [6, 6.07) is 9.29. The van der Waals surface area contributed by atoms with Crippen LogP contribution in [-0.4, -0.2) is 49.4 Å². The van der Waals surface area contributed by atoms with Gasteiger partial charge in [0.15, 0.2) is 11.2 Å². The molecule has 8 heteroatoms. The van der Waals surface area contributed by atoms with E-state index in [4.69, 9.17) is 14.2 Å². The second kappa shape index (κ2) is 8.19. The molecule has 0 aliphatic carbocycles. The van der Waals surface area contributed by atoms with Gasteiger partial charge in [0.05, 0.1) is 32.1 Å². The van der Waals surface area contributed by atoms with E-state index in [2.05, 4.69) is 10.3 Å². The first-order chi connectivity index (χ1) is 12.2. The van der Waals surface area contributed by atoms with Crippen LogP contribution in [0.3, 0.4) is 0 Å². The summed E-state index contributed by atoms with van der Waals surface area (Å²) in [5, 5.41) is 3.02. The van der Waals surface area contributed by atoms with E-state index in [9.17, 15) is 9.59 Å². The van der Waals surface area contributed by atoms with E-state index in [1.807, 2.05) is 30.3 Å². The van der Waals surface area contributed by atoms with Crippen LogP contribution in [0.15, 0.2) is 30.3 Å². The van der Waals surface area contributed by atoms with Crippen LogP contribution in [-0.2, 0) is 19.0 Å². The smallest absolute Gasteiger partial charge is 0.350 e. The Morgan fingerprint density at radius 3 is 2.80 bits per heavy atom. The Hall–Kier alpha value is -2.29. The third-order valence-corrected chi connectivity index (χ3v) is 4.42. The van der Waals surface area contributed by atoms with E-state index >= 15 is 0 Å². The van der Waals surface area contributed by atoms with Gasteiger partial charge in [-0.15, -0.1) is 0 Å². The van der Waals surface area contributed by atoms with Crippen molar-refractivity contribution in [2.24, 2.45) is 0 Å². The normalized spacial score (nSPS) is 17.1. The third kappa shape index (κ3) is 4.22. The average Bonchev–Trinajstić information content (AvgIpc) is 3.07. The Balaban J connectivity index is 1.85. The van der Waals surface area contributed by atoms with Crippen molar-refractivity contribution >= 4 is 28.3 Å². The summed E-state index contributed by atoms with van der Waals surface area (Å²) in [7, 11) is 0. The molecule has 25 heavy (non-hydrogen) atoms. The molecule has 1 saturated heterocycles. The molecule has 1 atom stereocenters. The van der Waals surface area contributed by atoms with Gasteiger partial charge >= 0.3 is 5.97 Å². The van der Waals surface area contributed by atoms with Gasteiger partial charge in [-0.25, -0.2) is 9.78 Å². The molecular weight excluding hydrogens is 344 g/mol. The van der Waals surface area contributed by atoms with Crippen LogP contribution in [0.2, 0.25) is 0 Å². The molecule has 0 radical (unpaired) electrons. The number of aromatic nitrogens is 1. The van der Waals surface area contributed by atoms with E-state index in [0.717, 1.165) is 16.9 Å². The zero-order valence-corrected chi connectivity index (χ0v) is 14.5. The number of amides is 1. The number of hydrogen-bond acceptors (Lipinski definition) is 7. The fraction of sp³-hybridized carbons (Fsp3) is 0.353. The lowest BCUT2D eigenvalue weighted by Crippen LogP contribution is -2.39. The molecule has 1 aliphatic rings. The molecule has 2 aromatic rings. The van der Waals surface area contributed by atoms with E-state index in [1.165, 1.54) is 0 Å². The summed E-state index contributed by atoms with van der Waals surface area (Å²) >= 11 is 1.08. The van der Waals surface area contributed by atoms with Gasteiger partial charge in [0.2, 0.25) is 0 Å². The van der Waals surface area contributed by atoms with Gasteiger partial charge < -0.3 is 14.2 Å². The SMILES string of the molecule is CCOC(=O)c1sc(NC(=O)C2COCCO2)nc1-c1ccccc1. The molecule has 132 valence electrons. The molecule has 0 bridgehead atoms. The highest BCUT2D eigenvalue weighted by atomic mass is 32.1. The van der Waals surface area contributed by atoms with Crippen molar-refractivity contribution in [1.82, 2.24) is 4.98 Å². The first-order valence-corrected chi connectivity index (χ1v) is 8.74. The van der Waals surface area contributed by atoms with Crippen molar-refractivity contribution in [2.45, 2.75) is 13.0 Å². The maximum Gasteiger partial charge on any atom is 0.350 e. The number of carbonyl (C=O) groups excluding carboxylic acids is 2. The zero-order chi connectivity index (χ0) is 17.6. The number of thiazole rings is 1. The Morgan fingerprint density at radius 2 is 2.12 bits per heavy atom. The van der Waals surface area contributed by atoms with Crippen molar-refractivity contribution in [3.63, 3.8) is 0 Å². The molecule has 1 fully saturated rings. The van der Waals surface area contributed by atoms with Crippen LogP contribution in [0.4, 0.5) is 5.13 Å². The number of carbonyl (C=O) groups is 2. The molecule has 1 aromatic heterocycles. The molecule has 1 unspecified atom stereocenters. The van der Waals surface area contributed by atoms with Gasteiger partial charge in [-0.3, -0.25) is 10.1 Å². The monoisotopic (exact) mass is 362 g/mol. The largest absolute Gasteiger partial charge is 0.462 e. The van der Waals surface area contributed by atoms with Gasteiger partial charge in [-0.05, 0) is 6.92 Å². The van der Waals surface area contributed by atoms with Crippen LogP contribution in [0.25, 0.3) is 11.3 Å². The standard InChI is InChI=1S/C17H18N2O5S/c1-2-23-16(21)14-13(11-6-4-3-5-7-11)18-17(25-14)19-15(20)12-10-22-8-9-24-12/h3-7,12H,2,8-10H2,1H3,(H,18,19,20). The number of benzene rings is 1.